The van der Waals surface area contributed by atoms with E-state index in [9.17, 15) is 0 Å². The van der Waals surface area contributed by atoms with Crippen LogP contribution in [0.25, 0.3) is 0 Å². The summed E-state index contributed by atoms with van der Waals surface area (Å²) in [6.45, 7) is 4.47. The molecule has 4 nitrogen and oxygen atoms in total. The summed E-state index contributed by atoms with van der Waals surface area (Å²) in [6, 6.07) is 0. The van der Waals surface area contributed by atoms with Crippen LogP contribution >= 0.6 is 15.9 Å². The molecule has 0 spiro atoms. The number of aromatic nitrogens is 2. The van der Waals surface area contributed by atoms with E-state index >= 15 is 0 Å². The quantitative estimate of drug-likeness (QED) is 0.928. The van der Waals surface area contributed by atoms with Crippen LogP contribution in [0.2, 0.25) is 0 Å². The molecule has 1 saturated heterocycles. The Morgan fingerprint density at radius 3 is 3.06 bits per heavy atom. The monoisotopic (exact) mass is 298 g/mol. The lowest BCUT2D eigenvalue weighted by atomic mass is 10.0. The second-order valence-corrected chi connectivity index (χ2v) is 5.29. The van der Waals surface area contributed by atoms with Gasteiger partial charge in [0.15, 0.2) is 0 Å². The molecule has 0 saturated carbocycles. The van der Waals surface area contributed by atoms with E-state index in [-0.39, 0.29) is 0 Å². The van der Waals surface area contributed by atoms with Crippen LogP contribution in [-0.4, -0.2) is 30.1 Å². The Hall–Kier alpha value is -0.840. The first-order valence-corrected chi connectivity index (χ1v) is 6.98. The van der Waals surface area contributed by atoms with Crippen molar-refractivity contribution in [2.24, 2.45) is 5.92 Å². The molecular formula is C12H19BrN4. The van der Waals surface area contributed by atoms with Gasteiger partial charge in [-0.3, -0.25) is 0 Å². The molecule has 1 fully saturated rings. The molecule has 0 aromatic carbocycles. The third-order valence-electron chi connectivity index (χ3n) is 3.29. The highest BCUT2D eigenvalue weighted by atomic mass is 79.9. The molecule has 5 heteroatoms. The van der Waals surface area contributed by atoms with Crippen LogP contribution < -0.4 is 10.2 Å². The smallest absolute Gasteiger partial charge is 0.148 e. The largest absolute Gasteiger partial charge is 0.372 e. The van der Waals surface area contributed by atoms with E-state index < -0.39 is 0 Å². The number of halogens is 1. The first-order valence-electron chi connectivity index (χ1n) is 6.19. The number of rotatable bonds is 4. The Labute approximate surface area is 111 Å². The number of hydrogen-bond acceptors (Lipinski definition) is 4. The van der Waals surface area contributed by atoms with Crippen LogP contribution in [0.15, 0.2) is 10.8 Å². The van der Waals surface area contributed by atoms with Crippen molar-refractivity contribution in [1.29, 1.82) is 0 Å². The molecule has 1 aliphatic heterocycles. The molecule has 1 N–H and O–H groups in total. The maximum Gasteiger partial charge on any atom is 0.148 e. The Balaban J connectivity index is 2.13. The van der Waals surface area contributed by atoms with E-state index in [0.29, 0.717) is 0 Å². The van der Waals surface area contributed by atoms with Gasteiger partial charge in [0, 0.05) is 20.1 Å². The van der Waals surface area contributed by atoms with Crippen molar-refractivity contribution in [2.45, 2.75) is 26.2 Å². The van der Waals surface area contributed by atoms with Crippen molar-refractivity contribution in [3.63, 3.8) is 0 Å². The fourth-order valence-corrected chi connectivity index (χ4v) is 3.08. The lowest BCUT2D eigenvalue weighted by Crippen LogP contribution is -2.21. The Morgan fingerprint density at radius 2 is 2.35 bits per heavy atom. The zero-order valence-corrected chi connectivity index (χ0v) is 12.0. The van der Waals surface area contributed by atoms with Gasteiger partial charge in [-0.25, -0.2) is 9.97 Å². The van der Waals surface area contributed by atoms with Crippen LogP contribution in [0.3, 0.4) is 0 Å². The van der Waals surface area contributed by atoms with Gasteiger partial charge in [0.25, 0.3) is 0 Å². The molecule has 0 amide bonds. The number of nitrogens with zero attached hydrogens (tertiary/aromatic N) is 3. The molecule has 1 unspecified atom stereocenters. The molecule has 1 aromatic rings. The first kappa shape index (κ1) is 12.6. The van der Waals surface area contributed by atoms with E-state index in [2.05, 4.69) is 43.0 Å². The highest BCUT2D eigenvalue weighted by Gasteiger charge is 2.25. The van der Waals surface area contributed by atoms with Gasteiger partial charge < -0.3 is 10.2 Å². The van der Waals surface area contributed by atoms with Crippen LogP contribution in [0.4, 0.5) is 11.6 Å². The van der Waals surface area contributed by atoms with E-state index in [0.717, 1.165) is 35.1 Å². The zero-order chi connectivity index (χ0) is 12.3. The Bertz CT molecular complexity index is 383. The second kappa shape index (κ2) is 5.67. The fraction of sp³-hybridized carbons (Fsp3) is 0.667. The highest BCUT2D eigenvalue weighted by Crippen LogP contribution is 2.33. The summed E-state index contributed by atoms with van der Waals surface area (Å²) >= 11 is 3.58. The van der Waals surface area contributed by atoms with Crippen LogP contribution in [0, 0.1) is 5.92 Å². The average molecular weight is 299 g/mol. The van der Waals surface area contributed by atoms with Gasteiger partial charge in [0.05, 0.1) is 0 Å². The van der Waals surface area contributed by atoms with Gasteiger partial charge in [0.2, 0.25) is 0 Å². The summed E-state index contributed by atoms with van der Waals surface area (Å²) in [4.78, 5) is 10.9. The topological polar surface area (TPSA) is 41.1 Å². The summed E-state index contributed by atoms with van der Waals surface area (Å²) in [5.74, 6) is 2.69. The predicted molar refractivity (Wildman–Crippen MR) is 74.5 cm³/mol. The van der Waals surface area contributed by atoms with Gasteiger partial charge >= 0.3 is 0 Å². The summed E-state index contributed by atoms with van der Waals surface area (Å²) < 4.78 is 0.972. The summed E-state index contributed by atoms with van der Waals surface area (Å²) in [6.07, 6.45) is 5.49. The van der Waals surface area contributed by atoms with Crippen LogP contribution in [-0.2, 0) is 0 Å². The molecule has 2 rings (SSSR count). The molecule has 1 atom stereocenters. The van der Waals surface area contributed by atoms with Crippen molar-refractivity contribution in [3.05, 3.63) is 10.8 Å². The molecule has 0 aliphatic carbocycles. The van der Waals surface area contributed by atoms with E-state index in [1.165, 1.54) is 19.3 Å². The Morgan fingerprint density at radius 1 is 1.53 bits per heavy atom. The van der Waals surface area contributed by atoms with Gasteiger partial charge in [-0.15, -0.1) is 0 Å². The molecule has 2 heterocycles. The van der Waals surface area contributed by atoms with E-state index in [1.807, 2.05) is 7.05 Å². The molecule has 0 radical (unpaired) electrons. The first-order chi connectivity index (χ1) is 8.26. The van der Waals surface area contributed by atoms with Crippen molar-refractivity contribution < 1.29 is 0 Å². The summed E-state index contributed by atoms with van der Waals surface area (Å²) in [7, 11) is 1.88. The SMILES string of the molecule is CCCC1CCN(c2ncnc(NC)c2Br)C1. The molecule has 1 aliphatic rings. The van der Waals surface area contributed by atoms with Crippen LogP contribution in [0.1, 0.15) is 26.2 Å². The molecule has 94 valence electrons. The van der Waals surface area contributed by atoms with E-state index in [4.69, 9.17) is 0 Å². The summed E-state index contributed by atoms with van der Waals surface area (Å²) in [5.41, 5.74) is 0. The van der Waals surface area contributed by atoms with Crippen molar-refractivity contribution in [3.8, 4) is 0 Å². The third kappa shape index (κ3) is 2.70. The minimum Gasteiger partial charge on any atom is -0.372 e. The molecule has 0 bridgehead atoms. The van der Waals surface area contributed by atoms with Crippen molar-refractivity contribution in [2.75, 3.05) is 30.4 Å². The Kier molecular flexibility index (Phi) is 4.20. The summed E-state index contributed by atoms with van der Waals surface area (Å²) in [5, 5.41) is 3.07. The molecule has 17 heavy (non-hydrogen) atoms. The zero-order valence-electron chi connectivity index (χ0n) is 10.4. The van der Waals surface area contributed by atoms with Crippen molar-refractivity contribution in [1.82, 2.24) is 9.97 Å². The standard InChI is InChI=1S/C12H19BrN4/c1-3-4-9-5-6-17(7-9)12-10(13)11(14-2)15-8-16-12/h8-9H,3-7H2,1-2H3,(H,14,15,16). The second-order valence-electron chi connectivity index (χ2n) is 4.50. The molecule has 1 aromatic heterocycles. The predicted octanol–water partition coefficient (Wildman–Crippen LogP) is 2.91. The fourth-order valence-electron chi connectivity index (χ4n) is 2.42. The third-order valence-corrected chi connectivity index (χ3v) is 4.02. The minimum atomic E-state index is 0.819. The number of anilines is 2. The van der Waals surface area contributed by atoms with Gasteiger partial charge in [-0.1, -0.05) is 13.3 Å². The molecular weight excluding hydrogens is 280 g/mol. The number of nitrogens with one attached hydrogen (secondary N) is 1. The van der Waals surface area contributed by atoms with Crippen LogP contribution in [0.5, 0.6) is 0 Å². The normalized spacial score (nSPS) is 19.7. The number of hydrogen-bond donors (Lipinski definition) is 1. The van der Waals surface area contributed by atoms with Gasteiger partial charge in [-0.2, -0.15) is 0 Å². The maximum absolute atomic E-state index is 4.39. The average Bonchev–Trinajstić information content (AvgIpc) is 2.78. The van der Waals surface area contributed by atoms with Crippen molar-refractivity contribution >= 4 is 27.6 Å². The maximum atomic E-state index is 4.39. The lowest BCUT2D eigenvalue weighted by Gasteiger charge is -2.19. The van der Waals surface area contributed by atoms with E-state index in [1.54, 1.807) is 6.33 Å². The van der Waals surface area contributed by atoms with Gasteiger partial charge in [-0.05, 0) is 34.7 Å². The van der Waals surface area contributed by atoms with Gasteiger partial charge in [0.1, 0.15) is 22.4 Å². The highest BCUT2D eigenvalue weighted by molar-refractivity contribution is 9.10. The lowest BCUT2D eigenvalue weighted by molar-refractivity contribution is 0.529. The minimum absolute atomic E-state index is 0.819.